The van der Waals surface area contributed by atoms with E-state index in [-0.39, 0.29) is 11.1 Å². The predicted molar refractivity (Wildman–Crippen MR) is 67.6 cm³/mol. The van der Waals surface area contributed by atoms with Gasteiger partial charge in [0.1, 0.15) is 11.2 Å². The van der Waals surface area contributed by atoms with Crippen molar-refractivity contribution in [3.63, 3.8) is 0 Å². The van der Waals surface area contributed by atoms with Gasteiger partial charge in [0.05, 0.1) is 11.1 Å². The van der Waals surface area contributed by atoms with Crippen molar-refractivity contribution in [3.05, 3.63) is 47.5 Å². The molecular formula is C14H8O5. The molecule has 0 saturated carbocycles. The summed E-state index contributed by atoms with van der Waals surface area (Å²) in [6.07, 6.45) is 0. The number of para-hydroxylation sites is 1. The van der Waals surface area contributed by atoms with Crippen LogP contribution in [-0.2, 0) is 0 Å². The number of aromatic carboxylic acids is 2. The zero-order valence-electron chi connectivity index (χ0n) is 9.58. The van der Waals surface area contributed by atoms with Gasteiger partial charge in [0, 0.05) is 10.8 Å². The van der Waals surface area contributed by atoms with Gasteiger partial charge in [0.2, 0.25) is 0 Å². The minimum Gasteiger partial charge on any atom is -0.478 e. The molecule has 0 amide bonds. The minimum absolute atomic E-state index is 0.241. The number of rotatable bonds is 2. The third-order valence-corrected chi connectivity index (χ3v) is 2.99. The van der Waals surface area contributed by atoms with Crippen LogP contribution in [0.3, 0.4) is 0 Å². The summed E-state index contributed by atoms with van der Waals surface area (Å²) in [7, 11) is 0. The summed E-state index contributed by atoms with van der Waals surface area (Å²) in [6.45, 7) is 0. The highest BCUT2D eigenvalue weighted by atomic mass is 16.4. The second-order valence-corrected chi connectivity index (χ2v) is 4.07. The molecule has 0 aliphatic carbocycles. The van der Waals surface area contributed by atoms with Crippen LogP contribution in [0.2, 0.25) is 0 Å². The maximum atomic E-state index is 11.4. The first kappa shape index (κ1) is 11.3. The SMILES string of the molecule is O=C(O)c1ccc2oc3ccccc3c2c1C(=O)O. The molecule has 0 saturated heterocycles. The number of carboxylic acids is 2. The summed E-state index contributed by atoms with van der Waals surface area (Å²) in [6, 6.07) is 9.65. The average molecular weight is 256 g/mol. The lowest BCUT2D eigenvalue weighted by molar-refractivity contribution is 0.0653. The van der Waals surface area contributed by atoms with E-state index in [0.717, 1.165) is 0 Å². The monoisotopic (exact) mass is 256 g/mol. The van der Waals surface area contributed by atoms with Crippen LogP contribution in [0.5, 0.6) is 0 Å². The molecule has 0 atom stereocenters. The Balaban J connectivity index is 2.57. The molecule has 19 heavy (non-hydrogen) atoms. The molecule has 94 valence electrons. The van der Waals surface area contributed by atoms with Gasteiger partial charge >= 0.3 is 11.9 Å². The number of benzene rings is 2. The van der Waals surface area contributed by atoms with Gasteiger partial charge in [-0.1, -0.05) is 18.2 Å². The molecule has 3 rings (SSSR count). The van der Waals surface area contributed by atoms with E-state index in [4.69, 9.17) is 9.52 Å². The van der Waals surface area contributed by atoms with Crippen LogP contribution in [0.15, 0.2) is 40.8 Å². The third kappa shape index (κ3) is 1.55. The van der Waals surface area contributed by atoms with Crippen molar-refractivity contribution in [1.29, 1.82) is 0 Å². The van der Waals surface area contributed by atoms with Gasteiger partial charge in [-0.15, -0.1) is 0 Å². The van der Waals surface area contributed by atoms with Gasteiger partial charge < -0.3 is 14.6 Å². The van der Waals surface area contributed by atoms with E-state index < -0.39 is 11.9 Å². The van der Waals surface area contributed by atoms with Crippen LogP contribution < -0.4 is 0 Å². The summed E-state index contributed by atoms with van der Waals surface area (Å²) < 4.78 is 5.52. The van der Waals surface area contributed by atoms with Gasteiger partial charge in [-0.3, -0.25) is 0 Å². The Morgan fingerprint density at radius 3 is 2.32 bits per heavy atom. The Morgan fingerprint density at radius 2 is 1.63 bits per heavy atom. The van der Waals surface area contributed by atoms with E-state index in [1.807, 2.05) is 0 Å². The molecule has 1 aromatic heterocycles. The Morgan fingerprint density at radius 1 is 0.895 bits per heavy atom. The van der Waals surface area contributed by atoms with E-state index >= 15 is 0 Å². The fourth-order valence-electron chi connectivity index (χ4n) is 2.22. The minimum atomic E-state index is -1.28. The number of furan rings is 1. The van der Waals surface area contributed by atoms with Crippen molar-refractivity contribution in [2.75, 3.05) is 0 Å². The molecule has 3 aromatic rings. The number of carbonyl (C=O) groups is 2. The van der Waals surface area contributed by atoms with Crippen molar-refractivity contribution in [1.82, 2.24) is 0 Å². The van der Waals surface area contributed by atoms with E-state index in [0.29, 0.717) is 21.9 Å². The summed E-state index contributed by atoms with van der Waals surface area (Å²) >= 11 is 0. The van der Waals surface area contributed by atoms with Gasteiger partial charge in [-0.2, -0.15) is 0 Å². The Kier molecular flexibility index (Phi) is 2.28. The van der Waals surface area contributed by atoms with Crippen LogP contribution >= 0.6 is 0 Å². The molecule has 0 bridgehead atoms. The second-order valence-electron chi connectivity index (χ2n) is 4.07. The number of hydrogen-bond donors (Lipinski definition) is 2. The van der Waals surface area contributed by atoms with Crippen molar-refractivity contribution in [2.45, 2.75) is 0 Å². The van der Waals surface area contributed by atoms with E-state index in [2.05, 4.69) is 0 Å². The van der Waals surface area contributed by atoms with E-state index in [9.17, 15) is 14.7 Å². The molecule has 0 aliphatic rings. The van der Waals surface area contributed by atoms with Crippen molar-refractivity contribution < 1.29 is 24.2 Å². The first-order valence-corrected chi connectivity index (χ1v) is 5.50. The van der Waals surface area contributed by atoms with Crippen molar-refractivity contribution >= 4 is 33.9 Å². The van der Waals surface area contributed by atoms with Crippen molar-refractivity contribution in [2.24, 2.45) is 0 Å². The fraction of sp³-hybridized carbons (Fsp3) is 0. The summed E-state index contributed by atoms with van der Waals surface area (Å²) in [5.41, 5.74) is 0.410. The molecule has 0 aliphatic heterocycles. The first-order chi connectivity index (χ1) is 9.09. The molecule has 1 heterocycles. The van der Waals surface area contributed by atoms with E-state index in [1.165, 1.54) is 12.1 Å². The zero-order chi connectivity index (χ0) is 13.6. The predicted octanol–water partition coefficient (Wildman–Crippen LogP) is 2.98. The Hall–Kier alpha value is -2.82. The first-order valence-electron chi connectivity index (χ1n) is 5.50. The summed E-state index contributed by atoms with van der Waals surface area (Å²) in [5.74, 6) is -2.56. The average Bonchev–Trinajstić information content (AvgIpc) is 2.75. The molecule has 2 aromatic carbocycles. The van der Waals surface area contributed by atoms with Gasteiger partial charge in [0.25, 0.3) is 0 Å². The Bertz CT molecular complexity index is 828. The normalized spacial score (nSPS) is 10.9. The lowest BCUT2D eigenvalue weighted by Gasteiger charge is -2.02. The van der Waals surface area contributed by atoms with Crippen molar-refractivity contribution in [3.8, 4) is 0 Å². The van der Waals surface area contributed by atoms with Crippen LogP contribution in [0.25, 0.3) is 21.9 Å². The zero-order valence-corrected chi connectivity index (χ0v) is 9.58. The molecule has 5 nitrogen and oxygen atoms in total. The topological polar surface area (TPSA) is 87.7 Å². The quantitative estimate of drug-likeness (QED) is 0.735. The molecule has 0 unspecified atom stereocenters. The second kappa shape index (κ2) is 3.84. The molecule has 5 heteroatoms. The van der Waals surface area contributed by atoms with Crippen LogP contribution in [0.4, 0.5) is 0 Å². The lowest BCUT2D eigenvalue weighted by atomic mass is 10.0. The molecule has 0 fully saturated rings. The summed E-state index contributed by atoms with van der Waals surface area (Å²) in [4.78, 5) is 22.5. The number of hydrogen-bond acceptors (Lipinski definition) is 3. The highest BCUT2D eigenvalue weighted by molar-refractivity contribution is 6.18. The van der Waals surface area contributed by atoms with Crippen LogP contribution in [0.1, 0.15) is 20.7 Å². The Labute approximate surface area is 106 Å². The van der Waals surface area contributed by atoms with Crippen LogP contribution in [-0.4, -0.2) is 22.2 Å². The molecule has 2 N–H and O–H groups in total. The fourth-order valence-corrected chi connectivity index (χ4v) is 2.22. The number of fused-ring (bicyclic) bond motifs is 3. The maximum absolute atomic E-state index is 11.4. The van der Waals surface area contributed by atoms with Gasteiger partial charge in [0.15, 0.2) is 0 Å². The molecular weight excluding hydrogens is 248 g/mol. The maximum Gasteiger partial charge on any atom is 0.337 e. The highest BCUT2D eigenvalue weighted by Gasteiger charge is 2.22. The third-order valence-electron chi connectivity index (χ3n) is 2.99. The molecule has 0 radical (unpaired) electrons. The number of carboxylic acid groups (broad SMARTS) is 2. The van der Waals surface area contributed by atoms with Crippen LogP contribution in [0, 0.1) is 0 Å². The van der Waals surface area contributed by atoms with Gasteiger partial charge in [-0.05, 0) is 18.2 Å². The summed E-state index contributed by atoms with van der Waals surface area (Å²) in [5, 5.41) is 19.3. The standard InChI is InChI=1S/C14H8O5/c15-13(16)8-5-6-10-11(12(8)14(17)18)7-3-1-2-4-9(7)19-10/h1-6H,(H,15,16)(H,17,18). The molecule has 0 spiro atoms. The highest BCUT2D eigenvalue weighted by Crippen LogP contribution is 2.33. The smallest absolute Gasteiger partial charge is 0.337 e. The van der Waals surface area contributed by atoms with Gasteiger partial charge in [-0.25, -0.2) is 9.59 Å². The van der Waals surface area contributed by atoms with E-state index in [1.54, 1.807) is 24.3 Å². The lowest BCUT2D eigenvalue weighted by Crippen LogP contribution is -2.08. The largest absolute Gasteiger partial charge is 0.478 e.